The van der Waals surface area contributed by atoms with Gasteiger partial charge in [0.1, 0.15) is 29.2 Å². The number of hydrogen-bond donors (Lipinski definition) is 0. The largest absolute Gasteiger partial charge is 0.495 e. The van der Waals surface area contributed by atoms with Gasteiger partial charge >= 0.3 is 5.97 Å². The zero-order chi connectivity index (χ0) is 26.1. The summed E-state index contributed by atoms with van der Waals surface area (Å²) in [7, 11) is 1.49. The van der Waals surface area contributed by atoms with E-state index in [4.69, 9.17) is 14.7 Å². The highest BCUT2D eigenvalue weighted by Gasteiger charge is 2.31. The molecule has 186 valence electrons. The summed E-state index contributed by atoms with van der Waals surface area (Å²) >= 11 is 3.41. The molecule has 0 N–H and O–H groups in total. The average Bonchev–Trinajstić information content (AvgIpc) is 3.24. The average molecular weight is 563 g/mol. The maximum absolute atomic E-state index is 14.7. The number of methoxy groups -OCH3 is 1. The lowest BCUT2D eigenvalue weighted by Crippen LogP contribution is -2.49. The minimum absolute atomic E-state index is 0.0648. The second-order valence-corrected chi connectivity index (χ2v) is 9.29. The van der Waals surface area contributed by atoms with E-state index in [2.05, 4.69) is 20.9 Å². The van der Waals surface area contributed by atoms with Gasteiger partial charge in [-0.1, -0.05) is 6.07 Å². The lowest BCUT2D eigenvalue weighted by molar-refractivity contribution is 0.0714. The predicted octanol–water partition coefficient (Wildman–Crippen LogP) is 4.49. The van der Waals surface area contributed by atoms with Gasteiger partial charge in [0.15, 0.2) is 0 Å². The van der Waals surface area contributed by atoms with Gasteiger partial charge in [-0.05, 0) is 64.0 Å². The van der Waals surface area contributed by atoms with Gasteiger partial charge in [-0.15, -0.1) is 0 Å². The second-order valence-electron chi connectivity index (χ2n) is 8.44. The van der Waals surface area contributed by atoms with E-state index in [1.807, 2.05) is 11.0 Å². The number of hydrogen-bond acceptors (Lipinski definition) is 7. The Morgan fingerprint density at radius 3 is 2.65 bits per heavy atom. The lowest BCUT2D eigenvalue weighted by atomic mass is 10.0. The van der Waals surface area contributed by atoms with Gasteiger partial charge in [0.05, 0.1) is 33.8 Å². The summed E-state index contributed by atoms with van der Waals surface area (Å²) in [6.45, 7) is 1.83. The van der Waals surface area contributed by atoms with Crippen LogP contribution in [-0.4, -0.2) is 55.0 Å². The van der Waals surface area contributed by atoms with Crippen LogP contribution in [0.1, 0.15) is 37.4 Å². The Morgan fingerprint density at radius 1 is 1.19 bits per heavy atom. The first-order chi connectivity index (χ1) is 17.9. The van der Waals surface area contributed by atoms with Gasteiger partial charge in [-0.25, -0.2) is 14.2 Å². The van der Waals surface area contributed by atoms with Crippen molar-refractivity contribution in [1.82, 2.24) is 9.88 Å². The normalized spacial score (nSPS) is 15.8. The number of pyridine rings is 1. The first kappa shape index (κ1) is 24.5. The number of nitriles is 1. The fraction of sp³-hybridized carbons (Fsp3) is 0.185. The molecule has 37 heavy (non-hydrogen) atoms. The first-order valence-electron chi connectivity index (χ1n) is 11.4. The number of nitrogens with zero attached hydrogens (tertiary/aromatic N) is 4. The molecule has 0 bridgehead atoms. The molecule has 8 nitrogen and oxygen atoms in total. The van der Waals surface area contributed by atoms with Gasteiger partial charge in [0.25, 0.3) is 5.91 Å². The molecule has 1 amide bonds. The molecule has 5 rings (SSSR count). The van der Waals surface area contributed by atoms with Crippen LogP contribution in [0, 0.1) is 17.1 Å². The Kier molecular flexibility index (Phi) is 6.63. The smallest absolute Gasteiger partial charge is 0.344 e. The molecule has 3 heterocycles. The highest BCUT2D eigenvalue weighted by atomic mass is 79.9. The summed E-state index contributed by atoms with van der Waals surface area (Å²) in [6, 6.07) is 13.0. The van der Waals surface area contributed by atoms with Crippen LogP contribution in [0.25, 0.3) is 11.8 Å². The van der Waals surface area contributed by atoms with E-state index in [1.165, 1.54) is 31.5 Å². The molecule has 0 atom stereocenters. The monoisotopic (exact) mass is 562 g/mol. The number of rotatable bonds is 4. The van der Waals surface area contributed by atoms with Gasteiger partial charge < -0.3 is 19.3 Å². The van der Waals surface area contributed by atoms with E-state index in [0.717, 1.165) is 5.82 Å². The minimum atomic E-state index is -0.632. The summed E-state index contributed by atoms with van der Waals surface area (Å²) in [5.41, 5.74) is 1.77. The van der Waals surface area contributed by atoms with E-state index >= 15 is 0 Å². The quantitative estimate of drug-likeness (QED) is 0.432. The number of carbonyl (C=O) groups is 2. The van der Waals surface area contributed by atoms with Crippen LogP contribution < -0.4 is 9.64 Å². The Labute approximate surface area is 220 Å². The molecule has 2 aliphatic rings. The number of ether oxygens (including phenoxy) is 2. The van der Waals surface area contributed by atoms with Crippen molar-refractivity contribution in [2.24, 2.45) is 0 Å². The number of cyclic esters (lactones) is 1. The van der Waals surface area contributed by atoms with Crippen molar-refractivity contribution in [3.63, 3.8) is 0 Å². The maximum atomic E-state index is 14.7. The summed E-state index contributed by atoms with van der Waals surface area (Å²) in [5, 5.41) is 8.94. The SMILES string of the molecule is COc1c(Br)ccc2c1C(=Cc1ccc(F)c(C(=O)N3CCN(c4ccc(C#N)cn4)CC3)c1)OC2=O. The predicted molar refractivity (Wildman–Crippen MR) is 137 cm³/mol. The van der Waals surface area contributed by atoms with E-state index in [-0.39, 0.29) is 11.3 Å². The number of aromatic nitrogens is 1. The van der Waals surface area contributed by atoms with Crippen molar-refractivity contribution in [3.8, 4) is 11.8 Å². The number of carbonyl (C=O) groups excluding carboxylic acids is 2. The van der Waals surface area contributed by atoms with Crippen molar-refractivity contribution in [2.75, 3.05) is 38.2 Å². The molecule has 1 aromatic heterocycles. The zero-order valence-corrected chi connectivity index (χ0v) is 21.3. The molecule has 3 aromatic rings. The number of benzene rings is 2. The summed E-state index contributed by atoms with van der Waals surface area (Å²) in [5.74, 6) is -0.143. The number of piperazine rings is 1. The van der Waals surface area contributed by atoms with E-state index in [9.17, 15) is 14.0 Å². The molecule has 0 aliphatic carbocycles. The number of anilines is 1. The molecule has 1 fully saturated rings. The standard InChI is InChI=1S/C27H20BrFN4O4/c1-36-25-20(28)5-4-18-24(25)22(37-27(18)35)13-16-2-6-21(29)19(12-16)26(34)33-10-8-32(9-11-33)23-7-3-17(14-30)15-31-23/h2-7,12-13,15H,8-11H2,1H3. The highest BCUT2D eigenvalue weighted by molar-refractivity contribution is 9.10. The Bertz CT molecular complexity index is 1470. The van der Waals surface area contributed by atoms with Crippen molar-refractivity contribution < 1.29 is 23.5 Å². The van der Waals surface area contributed by atoms with Crippen LogP contribution in [0.2, 0.25) is 0 Å². The number of esters is 1. The Balaban J connectivity index is 1.36. The van der Waals surface area contributed by atoms with Crippen LogP contribution >= 0.6 is 15.9 Å². The molecule has 2 aliphatic heterocycles. The third-order valence-electron chi connectivity index (χ3n) is 6.27. The molecule has 0 radical (unpaired) electrons. The Hall–Kier alpha value is -4.23. The minimum Gasteiger partial charge on any atom is -0.495 e. The van der Waals surface area contributed by atoms with Crippen molar-refractivity contribution in [2.45, 2.75) is 0 Å². The number of halogens is 2. The lowest BCUT2D eigenvalue weighted by Gasteiger charge is -2.35. The summed E-state index contributed by atoms with van der Waals surface area (Å²) in [4.78, 5) is 33.5. The molecule has 2 aromatic carbocycles. The topological polar surface area (TPSA) is 95.8 Å². The van der Waals surface area contributed by atoms with Crippen LogP contribution in [0.5, 0.6) is 5.75 Å². The van der Waals surface area contributed by atoms with Gasteiger partial charge in [-0.2, -0.15) is 5.26 Å². The molecule has 0 unspecified atom stereocenters. The van der Waals surface area contributed by atoms with Crippen molar-refractivity contribution in [1.29, 1.82) is 5.26 Å². The van der Waals surface area contributed by atoms with E-state index < -0.39 is 17.7 Å². The third kappa shape index (κ3) is 4.66. The van der Waals surface area contributed by atoms with Crippen LogP contribution in [0.4, 0.5) is 10.2 Å². The maximum Gasteiger partial charge on any atom is 0.344 e. The fourth-order valence-corrected chi connectivity index (χ4v) is 4.87. The van der Waals surface area contributed by atoms with Crippen LogP contribution in [0.3, 0.4) is 0 Å². The molecule has 1 saturated heterocycles. The second kappa shape index (κ2) is 10.0. The van der Waals surface area contributed by atoms with Crippen molar-refractivity contribution >= 4 is 45.5 Å². The third-order valence-corrected chi connectivity index (χ3v) is 6.89. The molecular formula is C27H20BrFN4O4. The van der Waals surface area contributed by atoms with Gasteiger partial charge in [0, 0.05) is 32.4 Å². The molecule has 0 spiro atoms. The number of amides is 1. The van der Waals surface area contributed by atoms with E-state index in [1.54, 1.807) is 35.2 Å². The van der Waals surface area contributed by atoms with Gasteiger partial charge in [0.2, 0.25) is 0 Å². The molecular weight excluding hydrogens is 543 g/mol. The first-order valence-corrected chi connectivity index (χ1v) is 12.2. The highest BCUT2D eigenvalue weighted by Crippen LogP contribution is 2.42. The summed E-state index contributed by atoms with van der Waals surface area (Å²) in [6.07, 6.45) is 3.10. The summed E-state index contributed by atoms with van der Waals surface area (Å²) < 4.78 is 26.3. The zero-order valence-electron chi connectivity index (χ0n) is 19.7. The van der Waals surface area contributed by atoms with Crippen LogP contribution in [-0.2, 0) is 4.74 Å². The number of fused-ring (bicyclic) bond motifs is 1. The fourth-order valence-electron chi connectivity index (χ4n) is 4.38. The van der Waals surface area contributed by atoms with Crippen molar-refractivity contribution in [3.05, 3.63) is 86.8 Å². The Morgan fingerprint density at radius 2 is 1.97 bits per heavy atom. The van der Waals surface area contributed by atoms with Gasteiger partial charge in [-0.3, -0.25) is 4.79 Å². The van der Waals surface area contributed by atoms with Crippen LogP contribution in [0.15, 0.2) is 53.1 Å². The molecule has 10 heteroatoms. The van der Waals surface area contributed by atoms with E-state index in [0.29, 0.717) is 58.7 Å². The molecule has 0 saturated carbocycles.